The zero-order chi connectivity index (χ0) is 9.10. The topological polar surface area (TPSA) is 55.2 Å². The van der Waals surface area contributed by atoms with E-state index in [1.165, 1.54) is 6.20 Å². The summed E-state index contributed by atoms with van der Waals surface area (Å²) < 4.78 is 4.80. The summed E-state index contributed by atoms with van der Waals surface area (Å²) in [5, 5.41) is 8.50. The molecule has 1 heterocycles. The Balaban J connectivity index is 2.49. The van der Waals surface area contributed by atoms with Gasteiger partial charge in [-0.15, -0.1) is 0 Å². The van der Waals surface area contributed by atoms with E-state index < -0.39 is 0 Å². The smallest absolute Gasteiger partial charge is 0.235 e. The second-order valence-corrected chi connectivity index (χ2v) is 2.47. The summed E-state index contributed by atoms with van der Waals surface area (Å²) in [5.74, 6) is 0.334. The van der Waals surface area contributed by atoms with Crippen molar-refractivity contribution in [1.29, 1.82) is 0 Å². The first kappa shape index (κ1) is 7.94. The van der Waals surface area contributed by atoms with Gasteiger partial charge < -0.3 is 9.84 Å². The molecule has 0 fully saturated rings. The van der Waals surface area contributed by atoms with Crippen LogP contribution in [0.25, 0.3) is 11.0 Å². The normalized spacial score (nSPS) is 10.2. The lowest BCUT2D eigenvalue weighted by molar-refractivity contribution is 0.0941. The van der Waals surface area contributed by atoms with Crippen molar-refractivity contribution in [1.82, 2.24) is 9.97 Å². The van der Waals surface area contributed by atoms with Crippen molar-refractivity contribution in [3.8, 4) is 5.88 Å². The summed E-state index contributed by atoms with van der Waals surface area (Å²) in [6.07, 6.45) is 1.48. The van der Waals surface area contributed by atoms with Crippen LogP contribution < -0.4 is 4.74 Å². The Morgan fingerprint density at radius 2 is 2.00 bits per heavy atom. The lowest BCUT2D eigenvalue weighted by Gasteiger charge is -2.01. The lowest BCUT2D eigenvalue weighted by Crippen LogP contribution is -1.97. The molecule has 13 heavy (non-hydrogen) atoms. The summed E-state index contributed by atoms with van der Waals surface area (Å²) in [7, 11) is 0. The molecule has 0 saturated carbocycles. The van der Waals surface area contributed by atoms with Gasteiger partial charge in [-0.1, -0.05) is 12.1 Å². The minimum Gasteiger partial charge on any atom is -0.450 e. The second kappa shape index (κ2) is 3.37. The highest BCUT2D eigenvalue weighted by atomic mass is 16.6. The maximum absolute atomic E-state index is 8.50. The first-order chi connectivity index (χ1) is 6.40. The first-order valence-corrected chi connectivity index (χ1v) is 3.85. The van der Waals surface area contributed by atoms with Crippen molar-refractivity contribution >= 4 is 11.0 Å². The maximum Gasteiger partial charge on any atom is 0.235 e. The highest BCUT2D eigenvalue weighted by Crippen LogP contribution is 2.12. The summed E-state index contributed by atoms with van der Waals surface area (Å²) in [5.41, 5.74) is 1.57. The lowest BCUT2D eigenvalue weighted by atomic mass is 10.3. The average Bonchev–Trinajstić information content (AvgIpc) is 2.18. The molecule has 0 spiro atoms. The maximum atomic E-state index is 8.50. The molecular weight excluding hydrogens is 168 g/mol. The van der Waals surface area contributed by atoms with E-state index >= 15 is 0 Å². The summed E-state index contributed by atoms with van der Waals surface area (Å²) in [6.45, 7) is -0.382. The van der Waals surface area contributed by atoms with Crippen LogP contribution in [0.15, 0.2) is 30.5 Å². The molecule has 1 N–H and O–H groups in total. The Labute approximate surface area is 74.8 Å². The zero-order valence-electron chi connectivity index (χ0n) is 6.84. The molecule has 0 aliphatic rings. The van der Waals surface area contributed by atoms with Crippen LogP contribution in [-0.2, 0) is 0 Å². The molecule has 0 unspecified atom stereocenters. The molecule has 0 bridgehead atoms. The fraction of sp³-hybridized carbons (Fsp3) is 0.111. The number of aliphatic hydroxyl groups excluding tert-OH is 1. The molecule has 0 atom stereocenters. The molecule has 4 nitrogen and oxygen atoms in total. The number of rotatable bonds is 2. The van der Waals surface area contributed by atoms with Crippen LogP contribution in [-0.4, -0.2) is 21.9 Å². The van der Waals surface area contributed by atoms with Crippen molar-refractivity contribution in [3.05, 3.63) is 30.5 Å². The molecule has 0 amide bonds. The van der Waals surface area contributed by atoms with Crippen LogP contribution in [0.5, 0.6) is 5.88 Å². The van der Waals surface area contributed by atoms with Gasteiger partial charge in [-0.3, -0.25) is 0 Å². The second-order valence-electron chi connectivity index (χ2n) is 2.47. The molecule has 0 aliphatic heterocycles. The molecule has 1 aromatic carbocycles. The fourth-order valence-electron chi connectivity index (χ4n) is 1.08. The van der Waals surface area contributed by atoms with E-state index in [9.17, 15) is 0 Å². The predicted octanol–water partition coefficient (Wildman–Crippen LogP) is 0.958. The number of ether oxygens (including phenoxy) is 1. The van der Waals surface area contributed by atoms with Gasteiger partial charge in [0.25, 0.3) is 0 Å². The van der Waals surface area contributed by atoms with E-state index in [0.717, 1.165) is 11.0 Å². The van der Waals surface area contributed by atoms with Crippen LogP contribution in [0.2, 0.25) is 0 Å². The molecule has 2 aromatic rings. The standard InChI is InChI=1S/C9H8N2O2/c12-6-13-9-5-10-7-3-1-2-4-8(7)11-9/h1-5,12H,6H2. The third-order valence-electron chi connectivity index (χ3n) is 1.64. The monoisotopic (exact) mass is 176 g/mol. The average molecular weight is 176 g/mol. The van der Waals surface area contributed by atoms with Crippen LogP contribution in [0, 0.1) is 0 Å². The van der Waals surface area contributed by atoms with Gasteiger partial charge >= 0.3 is 0 Å². The van der Waals surface area contributed by atoms with E-state index in [4.69, 9.17) is 9.84 Å². The van der Waals surface area contributed by atoms with Crippen molar-refractivity contribution in [2.45, 2.75) is 0 Å². The molecule has 1 aromatic heterocycles. The Morgan fingerprint density at radius 1 is 1.23 bits per heavy atom. The van der Waals surface area contributed by atoms with Gasteiger partial charge in [0.15, 0.2) is 6.79 Å². The zero-order valence-corrected chi connectivity index (χ0v) is 6.84. The van der Waals surface area contributed by atoms with E-state index in [1.54, 1.807) is 0 Å². The van der Waals surface area contributed by atoms with Gasteiger partial charge in [-0.25, -0.2) is 9.97 Å². The summed E-state index contributed by atoms with van der Waals surface area (Å²) >= 11 is 0. The molecule has 4 heteroatoms. The molecule has 0 saturated heterocycles. The third kappa shape index (κ3) is 1.57. The van der Waals surface area contributed by atoms with Crippen LogP contribution >= 0.6 is 0 Å². The number of hydrogen-bond acceptors (Lipinski definition) is 4. The van der Waals surface area contributed by atoms with Gasteiger partial charge in [0.05, 0.1) is 17.2 Å². The van der Waals surface area contributed by atoms with Gasteiger partial charge in [-0.2, -0.15) is 0 Å². The Bertz CT molecular complexity index is 417. The molecule has 0 aliphatic carbocycles. The van der Waals surface area contributed by atoms with Crippen molar-refractivity contribution < 1.29 is 9.84 Å². The number of fused-ring (bicyclic) bond motifs is 1. The minimum atomic E-state index is -0.382. The number of para-hydroxylation sites is 2. The van der Waals surface area contributed by atoms with E-state index in [1.807, 2.05) is 24.3 Å². The van der Waals surface area contributed by atoms with Crippen LogP contribution in [0.1, 0.15) is 0 Å². The van der Waals surface area contributed by atoms with E-state index in [-0.39, 0.29) is 6.79 Å². The van der Waals surface area contributed by atoms with Gasteiger partial charge in [-0.05, 0) is 12.1 Å². The SMILES string of the molecule is OCOc1cnc2ccccc2n1. The third-order valence-corrected chi connectivity index (χ3v) is 1.64. The van der Waals surface area contributed by atoms with E-state index in [2.05, 4.69) is 9.97 Å². The van der Waals surface area contributed by atoms with Crippen LogP contribution in [0.4, 0.5) is 0 Å². The summed E-state index contributed by atoms with van der Waals surface area (Å²) in [6, 6.07) is 7.47. The predicted molar refractivity (Wildman–Crippen MR) is 47.3 cm³/mol. The number of hydrogen-bond donors (Lipinski definition) is 1. The number of benzene rings is 1. The number of aromatic nitrogens is 2. The highest BCUT2D eigenvalue weighted by Gasteiger charge is 1.97. The Kier molecular flexibility index (Phi) is 2.06. The largest absolute Gasteiger partial charge is 0.450 e. The van der Waals surface area contributed by atoms with Gasteiger partial charge in [0, 0.05) is 0 Å². The minimum absolute atomic E-state index is 0.334. The van der Waals surface area contributed by atoms with Crippen molar-refractivity contribution in [2.75, 3.05) is 6.79 Å². The quantitative estimate of drug-likeness (QED) is 0.692. The van der Waals surface area contributed by atoms with Gasteiger partial charge in [0.1, 0.15) is 0 Å². The molecule has 66 valence electrons. The van der Waals surface area contributed by atoms with Crippen molar-refractivity contribution in [3.63, 3.8) is 0 Å². The Morgan fingerprint density at radius 3 is 2.77 bits per heavy atom. The van der Waals surface area contributed by atoms with E-state index in [0.29, 0.717) is 5.88 Å². The summed E-state index contributed by atoms with van der Waals surface area (Å²) in [4.78, 5) is 8.22. The molecule has 0 radical (unpaired) electrons. The number of nitrogens with zero attached hydrogens (tertiary/aromatic N) is 2. The number of aliphatic hydroxyl groups is 1. The first-order valence-electron chi connectivity index (χ1n) is 3.85. The Hall–Kier alpha value is -1.68. The van der Waals surface area contributed by atoms with Crippen molar-refractivity contribution in [2.24, 2.45) is 0 Å². The molecular formula is C9H8N2O2. The van der Waals surface area contributed by atoms with Crippen LogP contribution in [0.3, 0.4) is 0 Å². The van der Waals surface area contributed by atoms with Gasteiger partial charge in [0.2, 0.25) is 5.88 Å². The fourth-order valence-corrected chi connectivity index (χ4v) is 1.08. The molecule has 2 rings (SSSR count). The highest BCUT2D eigenvalue weighted by molar-refractivity contribution is 5.73.